The maximum absolute atomic E-state index is 5.90. The second-order valence-corrected chi connectivity index (χ2v) is 6.06. The van der Waals surface area contributed by atoms with Crippen LogP contribution in [0.15, 0.2) is 35.5 Å². The second-order valence-electron chi connectivity index (χ2n) is 4.79. The Kier molecular flexibility index (Phi) is 7.60. The molecule has 0 radical (unpaired) electrons. The lowest BCUT2D eigenvalue weighted by atomic mass is 10.2. The number of ether oxygens (including phenoxy) is 1. The van der Waals surface area contributed by atoms with Gasteiger partial charge in [-0.05, 0) is 31.2 Å². The van der Waals surface area contributed by atoms with Crippen LogP contribution in [-0.2, 0) is 0 Å². The number of methoxy groups -OCH3 is 1. The Hall–Kier alpha value is -1.35. The molecule has 0 aliphatic rings. The summed E-state index contributed by atoms with van der Waals surface area (Å²) in [7, 11) is 1.64. The standard InChI is InChI=1S/C15H20N4OS.HI/c1-10(14-17-9-11(2)21-14)8-18-15(16)19-12-4-6-13(20-3)7-5-12;/h4-7,9-10H,8H2,1-3H3,(H3,16,18,19);1H. The normalized spacial score (nSPS) is 12.4. The molecule has 120 valence electrons. The molecule has 2 aromatic rings. The van der Waals surface area contributed by atoms with Crippen LogP contribution in [0.25, 0.3) is 0 Å². The minimum atomic E-state index is 0. The first-order valence-corrected chi connectivity index (χ1v) is 7.53. The zero-order chi connectivity index (χ0) is 15.2. The van der Waals surface area contributed by atoms with Crippen molar-refractivity contribution in [1.82, 2.24) is 4.98 Å². The van der Waals surface area contributed by atoms with E-state index < -0.39 is 0 Å². The molecule has 22 heavy (non-hydrogen) atoms. The van der Waals surface area contributed by atoms with Gasteiger partial charge in [0.25, 0.3) is 0 Å². The summed E-state index contributed by atoms with van der Waals surface area (Å²) in [5, 5.41) is 4.15. The molecule has 1 heterocycles. The molecule has 0 spiro atoms. The van der Waals surface area contributed by atoms with Crippen molar-refractivity contribution in [3.05, 3.63) is 40.3 Å². The molecule has 0 saturated heterocycles. The maximum Gasteiger partial charge on any atom is 0.193 e. The lowest BCUT2D eigenvalue weighted by Crippen LogP contribution is -2.23. The van der Waals surface area contributed by atoms with Crippen molar-refractivity contribution in [3.8, 4) is 5.75 Å². The fourth-order valence-electron chi connectivity index (χ4n) is 1.78. The van der Waals surface area contributed by atoms with E-state index in [9.17, 15) is 0 Å². The third-order valence-electron chi connectivity index (χ3n) is 2.96. The average Bonchev–Trinajstić information content (AvgIpc) is 2.92. The number of rotatable bonds is 5. The van der Waals surface area contributed by atoms with Gasteiger partial charge in [0.05, 0.1) is 18.7 Å². The first-order valence-electron chi connectivity index (χ1n) is 6.72. The second kappa shape index (κ2) is 8.94. The molecular formula is C15H21IN4OS. The van der Waals surface area contributed by atoms with E-state index in [1.807, 2.05) is 30.5 Å². The zero-order valence-electron chi connectivity index (χ0n) is 12.9. The maximum atomic E-state index is 5.90. The monoisotopic (exact) mass is 432 g/mol. The van der Waals surface area contributed by atoms with Gasteiger partial charge < -0.3 is 15.8 Å². The van der Waals surface area contributed by atoms with Crippen molar-refractivity contribution in [2.24, 2.45) is 10.7 Å². The molecule has 0 aliphatic carbocycles. The van der Waals surface area contributed by atoms with Crippen LogP contribution in [0.4, 0.5) is 5.69 Å². The first-order chi connectivity index (χ1) is 10.1. The lowest BCUT2D eigenvalue weighted by Gasteiger charge is -2.08. The molecule has 7 heteroatoms. The Morgan fingerprint density at radius 1 is 1.41 bits per heavy atom. The predicted molar refractivity (Wildman–Crippen MR) is 104 cm³/mol. The highest BCUT2D eigenvalue weighted by Gasteiger charge is 2.09. The lowest BCUT2D eigenvalue weighted by molar-refractivity contribution is 0.415. The van der Waals surface area contributed by atoms with Crippen LogP contribution in [0.1, 0.15) is 22.7 Å². The summed E-state index contributed by atoms with van der Waals surface area (Å²) in [6.45, 7) is 4.77. The Balaban J connectivity index is 0.00000242. The molecule has 1 aromatic carbocycles. The molecule has 5 nitrogen and oxygen atoms in total. The van der Waals surface area contributed by atoms with Gasteiger partial charge in [0.15, 0.2) is 5.96 Å². The number of nitrogens with two attached hydrogens (primary N) is 1. The SMILES string of the molecule is COc1ccc(NC(N)=NCC(C)c2ncc(C)s2)cc1.I. The Bertz CT molecular complexity index is 612. The van der Waals surface area contributed by atoms with E-state index in [-0.39, 0.29) is 29.9 Å². The van der Waals surface area contributed by atoms with E-state index in [2.05, 4.69) is 29.1 Å². The van der Waals surface area contributed by atoms with Crippen LogP contribution in [-0.4, -0.2) is 24.6 Å². The molecule has 3 N–H and O–H groups in total. The van der Waals surface area contributed by atoms with Crippen LogP contribution < -0.4 is 15.8 Å². The van der Waals surface area contributed by atoms with Gasteiger partial charge in [0.1, 0.15) is 5.75 Å². The number of aliphatic imine (C=N–C) groups is 1. The molecule has 0 amide bonds. The fraction of sp³-hybridized carbons (Fsp3) is 0.333. The summed E-state index contributed by atoms with van der Waals surface area (Å²) in [5.74, 6) is 1.48. The summed E-state index contributed by atoms with van der Waals surface area (Å²) in [6.07, 6.45) is 1.89. The van der Waals surface area contributed by atoms with Gasteiger partial charge in [-0.2, -0.15) is 0 Å². The van der Waals surface area contributed by atoms with Crippen LogP contribution in [0.5, 0.6) is 5.75 Å². The van der Waals surface area contributed by atoms with Crippen molar-refractivity contribution in [2.45, 2.75) is 19.8 Å². The number of thiazole rings is 1. The number of hydrogen-bond donors (Lipinski definition) is 2. The van der Waals surface area contributed by atoms with Crippen LogP contribution in [0.2, 0.25) is 0 Å². The van der Waals surface area contributed by atoms with Crippen LogP contribution >= 0.6 is 35.3 Å². The van der Waals surface area contributed by atoms with Gasteiger partial charge in [-0.15, -0.1) is 35.3 Å². The number of nitrogens with one attached hydrogen (secondary N) is 1. The third-order valence-corrected chi connectivity index (χ3v) is 4.10. The van der Waals surface area contributed by atoms with E-state index in [4.69, 9.17) is 10.5 Å². The van der Waals surface area contributed by atoms with Crippen molar-refractivity contribution in [3.63, 3.8) is 0 Å². The Morgan fingerprint density at radius 2 is 2.09 bits per heavy atom. The number of benzene rings is 1. The molecular weight excluding hydrogens is 411 g/mol. The molecule has 1 unspecified atom stereocenters. The molecule has 0 saturated carbocycles. The summed E-state index contributed by atoms with van der Waals surface area (Å²) >= 11 is 1.70. The molecule has 0 fully saturated rings. The fourth-order valence-corrected chi connectivity index (χ4v) is 2.59. The van der Waals surface area contributed by atoms with Crippen molar-refractivity contribution in [1.29, 1.82) is 0 Å². The van der Waals surface area contributed by atoms with E-state index in [0.717, 1.165) is 16.4 Å². The average molecular weight is 432 g/mol. The largest absolute Gasteiger partial charge is 0.497 e. The van der Waals surface area contributed by atoms with E-state index in [0.29, 0.717) is 12.5 Å². The van der Waals surface area contributed by atoms with Gasteiger partial charge in [-0.3, -0.25) is 4.99 Å². The summed E-state index contributed by atoms with van der Waals surface area (Å²) < 4.78 is 5.11. The van der Waals surface area contributed by atoms with Crippen LogP contribution in [0.3, 0.4) is 0 Å². The number of aryl methyl sites for hydroxylation is 1. The van der Waals surface area contributed by atoms with Gasteiger partial charge in [0, 0.05) is 22.7 Å². The van der Waals surface area contributed by atoms with E-state index >= 15 is 0 Å². The topological polar surface area (TPSA) is 72.5 Å². The third kappa shape index (κ3) is 5.45. The summed E-state index contributed by atoms with van der Waals surface area (Å²) in [5.41, 5.74) is 6.78. The predicted octanol–water partition coefficient (Wildman–Crippen LogP) is 3.61. The molecule has 0 bridgehead atoms. The Morgan fingerprint density at radius 3 is 2.64 bits per heavy atom. The highest BCUT2D eigenvalue weighted by Crippen LogP contribution is 2.21. The van der Waals surface area contributed by atoms with Gasteiger partial charge in [0.2, 0.25) is 0 Å². The summed E-state index contributed by atoms with van der Waals surface area (Å²) in [6, 6.07) is 7.54. The van der Waals surface area contributed by atoms with Crippen molar-refractivity contribution in [2.75, 3.05) is 19.0 Å². The summed E-state index contributed by atoms with van der Waals surface area (Å²) in [4.78, 5) is 9.95. The number of guanidine groups is 1. The zero-order valence-corrected chi connectivity index (χ0v) is 16.0. The number of hydrogen-bond acceptors (Lipinski definition) is 4. The molecule has 2 rings (SSSR count). The van der Waals surface area contributed by atoms with Crippen LogP contribution in [0, 0.1) is 6.92 Å². The number of halogens is 1. The van der Waals surface area contributed by atoms with Gasteiger partial charge >= 0.3 is 0 Å². The molecule has 0 aliphatic heterocycles. The highest BCUT2D eigenvalue weighted by molar-refractivity contribution is 14.0. The highest BCUT2D eigenvalue weighted by atomic mass is 127. The van der Waals surface area contributed by atoms with E-state index in [1.165, 1.54) is 4.88 Å². The Labute approximate surface area is 152 Å². The minimum Gasteiger partial charge on any atom is -0.497 e. The van der Waals surface area contributed by atoms with Gasteiger partial charge in [-0.25, -0.2) is 4.98 Å². The molecule has 1 aromatic heterocycles. The quantitative estimate of drug-likeness (QED) is 0.430. The minimum absolute atomic E-state index is 0. The van der Waals surface area contributed by atoms with Crippen molar-refractivity contribution >= 4 is 47.0 Å². The molecule has 1 atom stereocenters. The number of anilines is 1. The number of nitrogens with zero attached hydrogens (tertiary/aromatic N) is 2. The van der Waals surface area contributed by atoms with E-state index in [1.54, 1.807) is 18.4 Å². The van der Waals surface area contributed by atoms with Crippen molar-refractivity contribution < 1.29 is 4.74 Å². The first kappa shape index (κ1) is 18.7. The smallest absolute Gasteiger partial charge is 0.193 e. The number of aromatic nitrogens is 1. The van der Waals surface area contributed by atoms with Gasteiger partial charge in [-0.1, -0.05) is 6.92 Å².